The molecule has 0 saturated heterocycles. The van der Waals surface area contributed by atoms with Crippen molar-refractivity contribution in [2.45, 2.75) is 26.7 Å². The molecule has 1 heterocycles. The molecule has 0 aliphatic heterocycles. The smallest absolute Gasteiger partial charge is 0.309 e. The maximum Gasteiger partial charge on any atom is 0.309 e. The van der Waals surface area contributed by atoms with Crippen molar-refractivity contribution in [1.29, 1.82) is 0 Å². The Bertz CT molecular complexity index is 416. The van der Waals surface area contributed by atoms with E-state index in [-0.39, 0.29) is 12.3 Å². The van der Waals surface area contributed by atoms with Gasteiger partial charge in [-0.1, -0.05) is 6.07 Å². The Hall–Kier alpha value is -1.91. The van der Waals surface area contributed by atoms with Crippen LogP contribution in [0, 0.1) is 5.41 Å². The monoisotopic (exact) mass is 250 g/mol. The van der Waals surface area contributed by atoms with Crippen molar-refractivity contribution in [3.05, 3.63) is 30.1 Å². The largest absolute Gasteiger partial charge is 0.481 e. The third kappa shape index (κ3) is 4.53. The van der Waals surface area contributed by atoms with Gasteiger partial charge in [-0.25, -0.2) is 0 Å². The summed E-state index contributed by atoms with van der Waals surface area (Å²) >= 11 is 0. The van der Waals surface area contributed by atoms with Crippen molar-refractivity contribution in [2.24, 2.45) is 5.41 Å². The maximum atomic E-state index is 11.6. The quantitative estimate of drug-likeness (QED) is 0.796. The first-order valence-electron chi connectivity index (χ1n) is 5.82. The average molecular weight is 250 g/mol. The molecular formula is C13H18N2O3. The number of aromatic nitrogens is 1. The lowest BCUT2D eigenvalue weighted by Gasteiger charge is -2.18. The second-order valence-corrected chi connectivity index (χ2v) is 4.79. The van der Waals surface area contributed by atoms with Gasteiger partial charge in [-0.3, -0.25) is 14.6 Å². The van der Waals surface area contributed by atoms with Crippen molar-refractivity contribution in [3.63, 3.8) is 0 Å². The highest BCUT2D eigenvalue weighted by Gasteiger charge is 2.29. The second kappa shape index (κ2) is 6.14. The van der Waals surface area contributed by atoms with Crippen LogP contribution in [0.2, 0.25) is 0 Å². The first kappa shape index (κ1) is 14.2. The predicted octanol–water partition coefficient (Wildman–Crippen LogP) is 1.24. The summed E-state index contributed by atoms with van der Waals surface area (Å²) < 4.78 is 0. The normalized spacial score (nSPS) is 11.0. The van der Waals surface area contributed by atoms with Gasteiger partial charge in [-0.2, -0.15) is 0 Å². The van der Waals surface area contributed by atoms with Gasteiger partial charge < -0.3 is 10.4 Å². The van der Waals surface area contributed by atoms with Crippen LogP contribution in [0.1, 0.15) is 26.0 Å². The van der Waals surface area contributed by atoms with Gasteiger partial charge in [0.05, 0.1) is 5.41 Å². The van der Waals surface area contributed by atoms with Crippen LogP contribution in [0.5, 0.6) is 0 Å². The Morgan fingerprint density at radius 2 is 2.11 bits per heavy atom. The van der Waals surface area contributed by atoms with Gasteiger partial charge in [0.2, 0.25) is 5.91 Å². The third-order valence-corrected chi connectivity index (χ3v) is 2.61. The van der Waals surface area contributed by atoms with E-state index in [1.165, 1.54) is 13.8 Å². The number of hydrogen-bond donors (Lipinski definition) is 2. The molecule has 0 aliphatic rings. The Kier molecular flexibility index (Phi) is 4.83. The molecule has 5 nitrogen and oxygen atoms in total. The van der Waals surface area contributed by atoms with Crippen LogP contribution in [0.15, 0.2) is 24.4 Å². The number of carboxylic acids is 1. The number of carbonyl (C=O) groups excluding carboxylic acids is 1. The fourth-order valence-electron chi connectivity index (χ4n) is 1.42. The zero-order valence-electron chi connectivity index (χ0n) is 10.6. The molecule has 5 heteroatoms. The Labute approximate surface area is 106 Å². The molecule has 0 saturated carbocycles. The minimum absolute atomic E-state index is 0.0233. The minimum Gasteiger partial charge on any atom is -0.481 e. The average Bonchev–Trinajstić information content (AvgIpc) is 2.29. The molecule has 0 atom stereocenters. The van der Waals surface area contributed by atoms with E-state index in [0.29, 0.717) is 13.0 Å². The molecule has 18 heavy (non-hydrogen) atoms. The Balaban J connectivity index is 2.32. The fraction of sp³-hybridized carbons (Fsp3) is 0.462. The van der Waals surface area contributed by atoms with Crippen LogP contribution in [0.3, 0.4) is 0 Å². The molecule has 1 rings (SSSR count). The molecule has 0 radical (unpaired) electrons. The topological polar surface area (TPSA) is 79.3 Å². The van der Waals surface area contributed by atoms with Crippen LogP contribution in [0.25, 0.3) is 0 Å². The van der Waals surface area contributed by atoms with Crippen LogP contribution >= 0.6 is 0 Å². The zero-order valence-corrected chi connectivity index (χ0v) is 10.6. The van der Waals surface area contributed by atoms with Crippen molar-refractivity contribution >= 4 is 11.9 Å². The highest BCUT2D eigenvalue weighted by molar-refractivity contribution is 5.84. The van der Waals surface area contributed by atoms with E-state index in [2.05, 4.69) is 10.3 Å². The van der Waals surface area contributed by atoms with Crippen molar-refractivity contribution < 1.29 is 14.7 Å². The van der Waals surface area contributed by atoms with Crippen molar-refractivity contribution in [1.82, 2.24) is 10.3 Å². The highest BCUT2D eigenvalue weighted by Crippen LogP contribution is 2.19. The number of pyridine rings is 1. The van der Waals surface area contributed by atoms with Gasteiger partial charge in [0.1, 0.15) is 0 Å². The Morgan fingerprint density at radius 1 is 1.39 bits per heavy atom. The molecule has 1 aromatic heterocycles. The first-order chi connectivity index (χ1) is 8.42. The van der Waals surface area contributed by atoms with Crippen molar-refractivity contribution in [3.8, 4) is 0 Å². The summed E-state index contributed by atoms with van der Waals surface area (Å²) in [6.45, 7) is 3.53. The zero-order chi connectivity index (χ0) is 13.6. The number of hydrogen-bond acceptors (Lipinski definition) is 3. The number of carbonyl (C=O) groups is 2. The molecule has 2 N–H and O–H groups in total. The standard InChI is InChI=1S/C13H18N2O3/c1-13(2,12(17)18)9-11(16)15-8-6-10-5-3-4-7-14-10/h3-5,7H,6,8-9H2,1-2H3,(H,15,16)(H,17,18). The summed E-state index contributed by atoms with van der Waals surface area (Å²) in [7, 11) is 0. The van der Waals surface area contributed by atoms with Crippen molar-refractivity contribution in [2.75, 3.05) is 6.54 Å². The predicted molar refractivity (Wildman–Crippen MR) is 67.0 cm³/mol. The number of carboxylic acid groups (broad SMARTS) is 1. The van der Waals surface area contributed by atoms with Crippen LogP contribution in [-0.2, 0) is 16.0 Å². The van der Waals surface area contributed by atoms with E-state index in [1.54, 1.807) is 6.20 Å². The minimum atomic E-state index is -1.03. The van der Waals surface area contributed by atoms with E-state index < -0.39 is 11.4 Å². The molecule has 0 bridgehead atoms. The Morgan fingerprint density at radius 3 is 2.67 bits per heavy atom. The summed E-state index contributed by atoms with van der Waals surface area (Å²) in [4.78, 5) is 26.6. The second-order valence-electron chi connectivity index (χ2n) is 4.79. The maximum absolute atomic E-state index is 11.6. The summed E-state index contributed by atoms with van der Waals surface area (Å²) in [5.74, 6) is -1.22. The molecule has 1 amide bonds. The molecule has 98 valence electrons. The number of nitrogens with one attached hydrogen (secondary N) is 1. The number of rotatable bonds is 6. The molecule has 0 unspecified atom stereocenters. The lowest BCUT2D eigenvalue weighted by molar-refractivity contribution is -0.149. The van der Waals surface area contributed by atoms with Gasteiger partial charge in [-0.15, -0.1) is 0 Å². The molecule has 0 aliphatic carbocycles. The van der Waals surface area contributed by atoms with E-state index in [1.807, 2.05) is 18.2 Å². The van der Waals surface area contributed by atoms with Gasteiger partial charge in [0, 0.05) is 31.3 Å². The third-order valence-electron chi connectivity index (χ3n) is 2.61. The summed E-state index contributed by atoms with van der Waals surface area (Å²) in [5, 5.41) is 11.6. The van der Waals surface area contributed by atoms with E-state index in [4.69, 9.17) is 5.11 Å². The molecule has 0 spiro atoms. The molecule has 1 aromatic rings. The summed E-state index contributed by atoms with van der Waals surface area (Å²) in [6, 6.07) is 5.60. The SMILES string of the molecule is CC(C)(CC(=O)NCCc1ccccn1)C(=O)O. The lowest BCUT2D eigenvalue weighted by Crippen LogP contribution is -2.34. The van der Waals surface area contributed by atoms with Gasteiger partial charge in [0.15, 0.2) is 0 Å². The number of nitrogens with zero attached hydrogens (tertiary/aromatic N) is 1. The molecule has 0 fully saturated rings. The van der Waals surface area contributed by atoms with Crippen LogP contribution < -0.4 is 5.32 Å². The number of aliphatic carboxylic acids is 1. The first-order valence-corrected chi connectivity index (χ1v) is 5.82. The van der Waals surface area contributed by atoms with Crippen LogP contribution in [-0.4, -0.2) is 28.5 Å². The fourth-order valence-corrected chi connectivity index (χ4v) is 1.42. The summed E-state index contributed by atoms with van der Waals surface area (Å²) in [5.41, 5.74) is -0.134. The van der Waals surface area contributed by atoms with Gasteiger partial charge in [-0.05, 0) is 26.0 Å². The highest BCUT2D eigenvalue weighted by atomic mass is 16.4. The van der Waals surface area contributed by atoms with Gasteiger partial charge >= 0.3 is 5.97 Å². The van der Waals surface area contributed by atoms with Gasteiger partial charge in [0.25, 0.3) is 0 Å². The molecular weight excluding hydrogens is 232 g/mol. The van der Waals surface area contributed by atoms with E-state index in [0.717, 1.165) is 5.69 Å². The lowest BCUT2D eigenvalue weighted by atomic mass is 9.89. The van der Waals surface area contributed by atoms with E-state index in [9.17, 15) is 9.59 Å². The molecule has 0 aromatic carbocycles. The summed E-state index contributed by atoms with van der Waals surface area (Å²) in [6.07, 6.45) is 2.31. The van der Waals surface area contributed by atoms with E-state index >= 15 is 0 Å². The number of amides is 1. The van der Waals surface area contributed by atoms with Crippen LogP contribution in [0.4, 0.5) is 0 Å².